The number of carbonyl (C=O) groups excluding carboxylic acids is 1. The van der Waals surface area contributed by atoms with Crippen molar-refractivity contribution in [1.29, 1.82) is 0 Å². The first-order valence-electron chi connectivity index (χ1n) is 8.94. The molecule has 0 saturated heterocycles. The van der Waals surface area contributed by atoms with Crippen molar-refractivity contribution < 1.29 is 4.79 Å². The molecule has 2 aromatic carbocycles. The molecule has 0 fully saturated rings. The molecule has 4 rings (SSSR count). The third-order valence-electron chi connectivity index (χ3n) is 4.71. The number of nitrogens with zero attached hydrogens (tertiary/aromatic N) is 5. The maximum atomic E-state index is 12.8. The van der Waals surface area contributed by atoms with Gasteiger partial charge in [-0.3, -0.25) is 9.59 Å². The Morgan fingerprint density at radius 2 is 1.71 bits per heavy atom. The first-order valence-corrected chi connectivity index (χ1v) is 8.94. The number of aryl methyl sites for hydroxylation is 2. The molecule has 2 heterocycles. The zero-order valence-electron chi connectivity index (χ0n) is 15.8. The van der Waals surface area contributed by atoms with Crippen LogP contribution in [-0.4, -0.2) is 27.5 Å². The predicted octanol–water partition coefficient (Wildman–Crippen LogP) is 2.89. The summed E-state index contributed by atoms with van der Waals surface area (Å²) in [5.74, 6) is -0.376. The Kier molecular flexibility index (Phi) is 4.35. The van der Waals surface area contributed by atoms with Gasteiger partial charge in [-0.1, -0.05) is 29.8 Å². The summed E-state index contributed by atoms with van der Waals surface area (Å²) >= 11 is 0. The van der Waals surface area contributed by atoms with E-state index in [1.165, 1.54) is 15.9 Å². The van der Waals surface area contributed by atoms with Gasteiger partial charge < -0.3 is 0 Å². The fourth-order valence-electron chi connectivity index (χ4n) is 3.13. The van der Waals surface area contributed by atoms with Crippen molar-refractivity contribution in [2.75, 3.05) is 5.01 Å². The number of benzene rings is 2. The highest BCUT2D eigenvalue weighted by Gasteiger charge is 2.33. The fraction of sp³-hybridized carbons (Fsp3) is 0.190. The number of fused-ring (bicyclic) bond motifs is 1. The van der Waals surface area contributed by atoms with Gasteiger partial charge in [0.25, 0.3) is 11.5 Å². The number of hydrogen-bond donors (Lipinski definition) is 0. The van der Waals surface area contributed by atoms with E-state index in [2.05, 4.69) is 15.2 Å². The quantitative estimate of drug-likeness (QED) is 0.662. The van der Waals surface area contributed by atoms with Crippen LogP contribution in [0.15, 0.2) is 63.5 Å². The third kappa shape index (κ3) is 3.00. The number of para-hydroxylation sites is 1. The Balaban J connectivity index is 1.66. The number of amides is 1. The molecule has 0 saturated carbocycles. The van der Waals surface area contributed by atoms with Crippen molar-refractivity contribution in [1.82, 2.24) is 9.66 Å². The first kappa shape index (κ1) is 17.8. The van der Waals surface area contributed by atoms with Crippen molar-refractivity contribution >= 4 is 34.4 Å². The maximum absolute atomic E-state index is 12.8. The average Bonchev–Trinajstić information content (AvgIpc) is 2.96. The molecule has 7 heteroatoms. The van der Waals surface area contributed by atoms with Crippen LogP contribution in [-0.2, 0) is 4.79 Å². The number of aromatic nitrogens is 2. The van der Waals surface area contributed by atoms with Gasteiger partial charge in [-0.05, 0) is 45.0 Å². The van der Waals surface area contributed by atoms with Gasteiger partial charge in [0.15, 0.2) is 0 Å². The third-order valence-corrected chi connectivity index (χ3v) is 4.71. The molecule has 0 radical (unpaired) electrons. The minimum absolute atomic E-state index is 0.204. The Bertz CT molecular complexity index is 1190. The van der Waals surface area contributed by atoms with Gasteiger partial charge in [-0.2, -0.15) is 19.9 Å². The molecule has 1 atom stereocenters. The van der Waals surface area contributed by atoms with E-state index in [1.807, 2.05) is 37.3 Å². The molecule has 140 valence electrons. The summed E-state index contributed by atoms with van der Waals surface area (Å²) in [6.07, 6.45) is 1.46. The first-order chi connectivity index (χ1) is 13.5. The molecule has 1 aliphatic heterocycles. The number of rotatable bonds is 3. The second-order valence-corrected chi connectivity index (χ2v) is 6.76. The van der Waals surface area contributed by atoms with Crippen LogP contribution in [0.4, 0.5) is 5.69 Å². The lowest BCUT2D eigenvalue weighted by Crippen LogP contribution is -2.29. The van der Waals surface area contributed by atoms with Crippen LogP contribution in [0.3, 0.4) is 0 Å². The minimum Gasteiger partial charge on any atom is -0.271 e. The molecule has 1 aromatic heterocycles. The van der Waals surface area contributed by atoms with E-state index in [-0.39, 0.29) is 11.5 Å². The van der Waals surface area contributed by atoms with Crippen LogP contribution in [0, 0.1) is 19.8 Å². The summed E-state index contributed by atoms with van der Waals surface area (Å²) in [4.78, 5) is 30.0. The number of anilines is 1. The summed E-state index contributed by atoms with van der Waals surface area (Å²) in [5, 5.41) is 10.5. The number of hydrogen-bond acceptors (Lipinski definition) is 5. The molecule has 0 unspecified atom stereocenters. The summed E-state index contributed by atoms with van der Waals surface area (Å²) < 4.78 is 1.22. The molecular formula is C21H19N5O2. The minimum atomic E-state index is -0.626. The van der Waals surface area contributed by atoms with E-state index in [4.69, 9.17) is 0 Å². The lowest BCUT2D eigenvalue weighted by Gasteiger charge is -2.13. The van der Waals surface area contributed by atoms with Crippen LogP contribution in [0.5, 0.6) is 0 Å². The standard InChI is InChI=1S/C21H19N5O2/c1-13-8-10-16(11-9-13)26-21(28)18(14(2)24-26)12-22-25-15(3)23-19-7-5-4-6-17(19)20(25)27/h4-12,18H,1-3H3/b22-12-/t18-/m1/s1. The topological polar surface area (TPSA) is 79.9 Å². The van der Waals surface area contributed by atoms with Crippen LogP contribution >= 0.6 is 0 Å². The summed E-state index contributed by atoms with van der Waals surface area (Å²) in [5.41, 5.74) is 2.78. The van der Waals surface area contributed by atoms with Crippen molar-refractivity contribution in [3.8, 4) is 0 Å². The molecule has 7 nitrogen and oxygen atoms in total. The molecule has 0 N–H and O–H groups in total. The van der Waals surface area contributed by atoms with Gasteiger partial charge in [0, 0.05) is 6.21 Å². The second-order valence-electron chi connectivity index (χ2n) is 6.76. The van der Waals surface area contributed by atoms with E-state index in [0.29, 0.717) is 28.1 Å². The van der Waals surface area contributed by atoms with Crippen LogP contribution < -0.4 is 10.6 Å². The zero-order valence-corrected chi connectivity index (χ0v) is 15.8. The molecule has 0 bridgehead atoms. The lowest BCUT2D eigenvalue weighted by molar-refractivity contribution is -0.118. The molecule has 1 aliphatic rings. The zero-order chi connectivity index (χ0) is 19.8. The SMILES string of the molecule is CC1=NN(c2ccc(C)cc2)C(=O)[C@@H]1/C=N\n1c(C)nc2ccccc2c1=O. The van der Waals surface area contributed by atoms with Crippen molar-refractivity contribution in [3.05, 3.63) is 70.3 Å². The van der Waals surface area contributed by atoms with Crippen molar-refractivity contribution in [3.63, 3.8) is 0 Å². The maximum Gasteiger partial charge on any atom is 0.282 e. The molecule has 3 aromatic rings. The van der Waals surface area contributed by atoms with Gasteiger partial charge >= 0.3 is 0 Å². The van der Waals surface area contributed by atoms with E-state index in [0.717, 1.165) is 5.56 Å². The van der Waals surface area contributed by atoms with Gasteiger partial charge in [-0.25, -0.2) is 4.98 Å². The van der Waals surface area contributed by atoms with E-state index >= 15 is 0 Å². The molecule has 28 heavy (non-hydrogen) atoms. The van der Waals surface area contributed by atoms with Gasteiger partial charge in [0.1, 0.15) is 11.7 Å². The smallest absolute Gasteiger partial charge is 0.271 e. The summed E-state index contributed by atoms with van der Waals surface area (Å²) in [7, 11) is 0. The fourth-order valence-corrected chi connectivity index (χ4v) is 3.13. The van der Waals surface area contributed by atoms with Crippen molar-refractivity contribution in [2.45, 2.75) is 20.8 Å². The van der Waals surface area contributed by atoms with E-state index < -0.39 is 5.92 Å². The van der Waals surface area contributed by atoms with Gasteiger partial charge in [0.2, 0.25) is 0 Å². The Morgan fingerprint density at radius 3 is 2.46 bits per heavy atom. The predicted molar refractivity (Wildman–Crippen MR) is 110 cm³/mol. The van der Waals surface area contributed by atoms with Gasteiger partial charge in [-0.15, -0.1) is 0 Å². The highest BCUT2D eigenvalue weighted by Crippen LogP contribution is 2.23. The normalized spacial score (nSPS) is 17.0. The number of hydrazone groups is 1. The highest BCUT2D eigenvalue weighted by atomic mass is 16.2. The highest BCUT2D eigenvalue weighted by molar-refractivity contribution is 6.23. The molecular weight excluding hydrogens is 354 g/mol. The van der Waals surface area contributed by atoms with Crippen LogP contribution in [0.2, 0.25) is 0 Å². The summed E-state index contributed by atoms with van der Waals surface area (Å²) in [6, 6.07) is 14.7. The monoisotopic (exact) mass is 373 g/mol. The van der Waals surface area contributed by atoms with Crippen molar-refractivity contribution in [2.24, 2.45) is 16.1 Å². The number of carbonyl (C=O) groups is 1. The molecule has 0 aliphatic carbocycles. The van der Waals surface area contributed by atoms with Gasteiger partial charge in [0.05, 0.1) is 22.3 Å². The Morgan fingerprint density at radius 1 is 1.00 bits per heavy atom. The van der Waals surface area contributed by atoms with E-state index in [1.54, 1.807) is 32.0 Å². The Labute approximate surface area is 161 Å². The lowest BCUT2D eigenvalue weighted by atomic mass is 10.1. The van der Waals surface area contributed by atoms with Crippen LogP contribution in [0.25, 0.3) is 10.9 Å². The summed E-state index contributed by atoms with van der Waals surface area (Å²) in [6.45, 7) is 5.47. The van der Waals surface area contributed by atoms with E-state index in [9.17, 15) is 9.59 Å². The molecule has 1 amide bonds. The average molecular weight is 373 g/mol. The second kappa shape index (κ2) is 6.84. The Hall–Kier alpha value is -3.61. The largest absolute Gasteiger partial charge is 0.282 e. The molecule has 0 spiro atoms. The van der Waals surface area contributed by atoms with Crippen LogP contribution in [0.1, 0.15) is 18.3 Å².